The van der Waals surface area contributed by atoms with Crippen LogP contribution in [0, 0.1) is 0 Å². The molecule has 2 rings (SSSR count). The summed E-state index contributed by atoms with van der Waals surface area (Å²) in [7, 11) is 0. The molecule has 0 bridgehead atoms. The molecule has 1 N–H and O–H groups in total. The molecule has 84 valence electrons. The van der Waals surface area contributed by atoms with Gasteiger partial charge in [0.25, 0.3) is 0 Å². The number of carboxylic acid groups (broad SMARTS) is 1. The predicted molar refractivity (Wildman–Crippen MR) is 68.1 cm³/mol. The van der Waals surface area contributed by atoms with E-state index in [0.717, 1.165) is 10.4 Å². The van der Waals surface area contributed by atoms with Crippen LogP contribution < -0.4 is 0 Å². The number of carbonyl (C=O) groups is 1. The molecule has 2 nitrogen and oxygen atoms in total. The van der Waals surface area contributed by atoms with Crippen molar-refractivity contribution < 1.29 is 9.90 Å². The van der Waals surface area contributed by atoms with Crippen molar-refractivity contribution in [3.63, 3.8) is 0 Å². The van der Waals surface area contributed by atoms with E-state index in [2.05, 4.69) is 0 Å². The highest BCUT2D eigenvalue weighted by Gasteiger charge is 2.04. The molecular weight excluding hydrogens is 220 g/mol. The van der Waals surface area contributed by atoms with Gasteiger partial charge in [-0.25, -0.2) is 4.79 Å². The second-order valence-corrected chi connectivity index (χ2v) is 3.81. The van der Waals surface area contributed by atoms with Crippen molar-refractivity contribution in [1.29, 1.82) is 0 Å². The highest BCUT2D eigenvalue weighted by molar-refractivity contribution is 7.13. The fourth-order valence-electron chi connectivity index (χ4n) is 1.25. The van der Waals surface area contributed by atoms with Crippen LogP contribution in [-0.4, -0.2) is 11.1 Å². The summed E-state index contributed by atoms with van der Waals surface area (Å²) in [6, 6.07) is 10.9. The minimum absolute atomic E-state index is 0.330. The molecule has 3 heteroatoms. The Morgan fingerprint density at radius 1 is 1.19 bits per heavy atom. The summed E-state index contributed by atoms with van der Waals surface area (Å²) in [5, 5.41) is 10.8. The summed E-state index contributed by atoms with van der Waals surface area (Å²) < 4.78 is 0. The third kappa shape index (κ3) is 2.94. The zero-order valence-corrected chi connectivity index (χ0v) is 10.1. The van der Waals surface area contributed by atoms with E-state index in [1.807, 2.05) is 37.4 Å². The lowest BCUT2D eigenvalue weighted by atomic mass is 10.1. The lowest BCUT2D eigenvalue weighted by Crippen LogP contribution is -1.95. The normalized spacial score (nSPS) is 9.12. The summed E-state index contributed by atoms with van der Waals surface area (Å²) in [5.41, 5.74) is 1.29. The maximum absolute atomic E-state index is 10.7. The van der Waals surface area contributed by atoms with E-state index in [9.17, 15) is 4.79 Å². The van der Waals surface area contributed by atoms with Crippen LogP contribution >= 0.6 is 11.3 Å². The predicted octanol–water partition coefficient (Wildman–Crippen LogP) is 4.14. The Balaban J connectivity index is 0.000000606. The van der Waals surface area contributed by atoms with E-state index < -0.39 is 5.97 Å². The van der Waals surface area contributed by atoms with E-state index in [4.69, 9.17) is 5.11 Å². The molecule has 16 heavy (non-hydrogen) atoms. The molecule has 1 aromatic heterocycles. The van der Waals surface area contributed by atoms with Crippen molar-refractivity contribution in [2.24, 2.45) is 0 Å². The first-order valence-corrected chi connectivity index (χ1v) is 6.02. The number of aromatic carboxylic acids is 1. The third-order valence-electron chi connectivity index (χ3n) is 1.92. The van der Waals surface area contributed by atoms with Crippen LogP contribution in [0.3, 0.4) is 0 Å². The largest absolute Gasteiger partial charge is 0.478 e. The monoisotopic (exact) mass is 234 g/mol. The van der Waals surface area contributed by atoms with Crippen LogP contribution in [-0.2, 0) is 0 Å². The van der Waals surface area contributed by atoms with Crippen molar-refractivity contribution >= 4 is 17.3 Å². The van der Waals surface area contributed by atoms with Gasteiger partial charge >= 0.3 is 5.97 Å². The molecule has 0 aliphatic heterocycles. The average molecular weight is 234 g/mol. The van der Waals surface area contributed by atoms with Gasteiger partial charge in [0.05, 0.1) is 5.56 Å². The van der Waals surface area contributed by atoms with Crippen LogP contribution in [0.25, 0.3) is 10.4 Å². The fourth-order valence-corrected chi connectivity index (χ4v) is 1.97. The van der Waals surface area contributed by atoms with Gasteiger partial charge in [0.2, 0.25) is 0 Å². The van der Waals surface area contributed by atoms with E-state index in [1.54, 1.807) is 29.5 Å². The lowest BCUT2D eigenvalue weighted by Gasteiger charge is -1.98. The van der Waals surface area contributed by atoms with E-state index in [-0.39, 0.29) is 0 Å². The maximum Gasteiger partial charge on any atom is 0.335 e. The summed E-state index contributed by atoms with van der Waals surface area (Å²) in [4.78, 5) is 11.8. The van der Waals surface area contributed by atoms with Crippen molar-refractivity contribution in [1.82, 2.24) is 0 Å². The van der Waals surface area contributed by atoms with Gasteiger partial charge in [-0.2, -0.15) is 0 Å². The quantitative estimate of drug-likeness (QED) is 0.848. The second kappa shape index (κ2) is 6.08. The molecular formula is C13H14O2S. The first kappa shape index (κ1) is 12.5. The average Bonchev–Trinajstić information content (AvgIpc) is 2.85. The highest BCUT2D eigenvalue weighted by atomic mass is 32.1. The van der Waals surface area contributed by atoms with Crippen LogP contribution in [0.4, 0.5) is 0 Å². The molecule has 0 spiro atoms. The van der Waals surface area contributed by atoms with Gasteiger partial charge in [-0.1, -0.05) is 32.0 Å². The Labute approximate surface area is 99.2 Å². The molecule has 2 aromatic rings. The molecule has 0 aliphatic rings. The lowest BCUT2D eigenvalue weighted by molar-refractivity contribution is 0.0697. The summed E-state index contributed by atoms with van der Waals surface area (Å²) in [5.74, 6) is -0.886. The van der Waals surface area contributed by atoms with Gasteiger partial charge in [0.15, 0.2) is 0 Å². The first-order valence-electron chi connectivity index (χ1n) is 5.14. The van der Waals surface area contributed by atoms with Gasteiger partial charge in [-0.05, 0) is 29.1 Å². The minimum Gasteiger partial charge on any atom is -0.478 e. The van der Waals surface area contributed by atoms with Crippen molar-refractivity contribution in [3.05, 3.63) is 47.3 Å². The number of hydrogen-bond donors (Lipinski definition) is 1. The number of benzene rings is 1. The summed E-state index contributed by atoms with van der Waals surface area (Å²) in [6.45, 7) is 4.00. The summed E-state index contributed by atoms with van der Waals surface area (Å²) in [6.07, 6.45) is 0. The second-order valence-electron chi connectivity index (χ2n) is 2.86. The molecule has 0 aliphatic carbocycles. The first-order chi connectivity index (χ1) is 7.77. The fraction of sp³-hybridized carbons (Fsp3) is 0.154. The third-order valence-corrected chi connectivity index (χ3v) is 2.83. The Morgan fingerprint density at radius 3 is 2.50 bits per heavy atom. The number of hydrogen-bond acceptors (Lipinski definition) is 2. The van der Waals surface area contributed by atoms with Gasteiger partial charge in [-0.15, -0.1) is 11.3 Å². The Morgan fingerprint density at radius 2 is 1.94 bits per heavy atom. The Hall–Kier alpha value is -1.61. The standard InChI is InChI=1S/C11H8O2S.C2H6/c12-11(13)9-4-1-3-8(7-9)10-5-2-6-14-10;1-2/h1-7H,(H,12,13);1-2H3. The van der Waals surface area contributed by atoms with Crippen molar-refractivity contribution in [2.75, 3.05) is 0 Å². The number of thiophene rings is 1. The van der Waals surface area contributed by atoms with Gasteiger partial charge in [-0.3, -0.25) is 0 Å². The Kier molecular flexibility index (Phi) is 4.73. The number of carboxylic acids is 1. The van der Waals surface area contributed by atoms with Gasteiger partial charge in [0, 0.05) is 4.88 Å². The highest BCUT2D eigenvalue weighted by Crippen LogP contribution is 2.25. The van der Waals surface area contributed by atoms with Crippen molar-refractivity contribution in [2.45, 2.75) is 13.8 Å². The Bertz CT molecular complexity index is 447. The zero-order chi connectivity index (χ0) is 12.0. The molecule has 0 radical (unpaired) electrons. The molecule has 0 unspecified atom stereocenters. The van der Waals surface area contributed by atoms with Crippen LogP contribution in [0.5, 0.6) is 0 Å². The van der Waals surface area contributed by atoms with Gasteiger partial charge in [0.1, 0.15) is 0 Å². The van der Waals surface area contributed by atoms with Crippen molar-refractivity contribution in [3.8, 4) is 10.4 Å². The van der Waals surface area contributed by atoms with Crippen LogP contribution in [0.2, 0.25) is 0 Å². The SMILES string of the molecule is CC.O=C(O)c1cccc(-c2cccs2)c1. The minimum atomic E-state index is -0.886. The molecule has 0 saturated carbocycles. The molecule has 0 atom stereocenters. The van der Waals surface area contributed by atoms with Gasteiger partial charge < -0.3 is 5.11 Å². The molecule has 0 saturated heterocycles. The maximum atomic E-state index is 10.7. The van der Waals surface area contributed by atoms with E-state index in [1.165, 1.54) is 0 Å². The summed E-state index contributed by atoms with van der Waals surface area (Å²) >= 11 is 1.60. The van der Waals surface area contributed by atoms with Crippen LogP contribution in [0.1, 0.15) is 24.2 Å². The molecule has 1 heterocycles. The van der Waals surface area contributed by atoms with Crippen LogP contribution in [0.15, 0.2) is 41.8 Å². The topological polar surface area (TPSA) is 37.3 Å². The molecule has 0 fully saturated rings. The molecule has 0 amide bonds. The zero-order valence-electron chi connectivity index (χ0n) is 9.31. The molecule has 1 aromatic carbocycles. The number of rotatable bonds is 2. The smallest absolute Gasteiger partial charge is 0.335 e. The van der Waals surface area contributed by atoms with E-state index in [0.29, 0.717) is 5.56 Å². The van der Waals surface area contributed by atoms with E-state index >= 15 is 0 Å².